The molecule has 0 fully saturated rings. The van der Waals surface area contributed by atoms with Gasteiger partial charge in [-0.25, -0.2) is 4.79 Å². The summed E-state index contributed by atoms with van der Waals surface area (Å²) in [6.07, 6.45) is -13.1. The van der Waals surface area contributed by atoms with E-state index in [4.69, 9.17) is 9.84 Å². The van der Waals surface area contributed by atoms with E-state index in [0.29, 0.717) is 6.07 Å². The molecule has 2 atom stereocenters. The predicted molar refractivity (Wildman–Crippen MR) is 71.8 cm³/mol. The molecule has 0 heterocycles. The minimum atomic E-state index is -4.86. The Kier molecular flexibility index (Phi) is 6.27. The molecule has 2 N–H and O–H groups in total. The van der Waals surface area contributed by atoms with Crippen molar-refractivity contribution in [2.75, 3.05) is 0 Å². The normalized spacial score (nSPS) is 14.5. The van der Waals surface area contributed by atoms with E-state index in [1.54, 1.807) is 5.32 Å². The lowest BCUT2D eigenvalue weighted by Gasteiger charge is -2.21. The average Bonchev–Trinajstić information content (AvgIpc) is 2.44. The summed E-state index contributed by atoms with van der Waals surface area (Å²) < 4.78 is 80.1. The minimum absolute atomic E-state index is 0.698. The fraction of sp³-hybridized carbons (Fsp3) is 0.429. The number of rotatable bonds is 6. The number of carboxylic acid groups (broad SMARTS) is 1. The second-order valence-corrected chi connectivity index (χ2v) is 4.97. The number of carbonyl (C=O) groups is 2. The predicted octanol–water partition coefficient (Wildman–Crippen LogP) is 2.99. The third kappa shape index (κ3) is 6.51. The van der Waals surface area contributed by atoms with Crippen molar-refractivity contribution < 1.29 is 45.8 Å². The number of aliphatic carboxylic acids is 1. The van der Waals surface area contributed by atoms with Gasteiger partial charge in [0.25, 0.3) is 5.91 Å². The molecule has 140 valence electrons. The van der Waals surface area contributed by atoms with Gasteiger partial charge in [-0.1, -0.05) is 12.1 Å². The second-order valence-electron chi connectivity index (χ2n) is 4.97. The molecule has 0 bridgehead atoms. The van der Waals surface area contributed by atoms with Crippen LogP contribution in [0.3, 0.4) is 0 Å². The van der Waals surface area contributed by atoms with Crippen LogP contribution in [0, 0.1) is 0 Å². The quantitative estimate of drug-likeness (QED) is 0.752. The van der Waals surface area contributed by atoms with E-state index in [0.717, 1.165) is 19.1 Å². The smallest absolute Gasteiger partial charge is 0.419 e. The first kappa shape index (κ1) is 20.6. The van der Waals surface area contributed by atoms with E-state index in [2.05, 4.69) is 0 Å². The van der Waals surface area contributed by atoms with Crippen LogP contribution in [0.25, 0.3) is 0 Å². The maximum absolute atomic E-state index is 12.8. The highest BCUT2D eigenvalue weighted by Gasteiger charge is 2.38. The number of amides is 1. The summed E-state index contributed by atoms with van der Waals surface area (Å²) in [6, 6.07) is 1.64. The Morgan fingerprint density at radius 2 is 1.72 bits per heavy atom. The van der Waals surface area contributed by atoms with E-state index < -0.39 is 54.1 Å². The second kappa shape index (κ2) is 7.62. The molecule has 0 radical (unpaired) electrons. The third-order valence-electron chi connectivity index (χ3n) is 2.92. The van der Waals surface area contributed by atoms with Crippen molar-refractivity contribution in [1.29, 1.82) is 0 Å². The lowest BCUT2D eigenvalue weighted by atomic mass is 10.2. The molecule has 2 unspecified atom stereocenters. The number of halogens is 6. The van der Waals surface area contributed by atoms with Crippen LogP contribution < -0.4 is 10.1 Å². The highest BCUT2D eigenvalue weighted by Crippen LogP contribution is 2.36. The van der Waals surface area contributed by atoms with Gasteiger partial charge in [0.15, 0.2) is 6.10 Å². The number of carbonyl (C=O) groups excluding carboxylic acids is 1. The van der Waals surface area contributed by atoms with Crippen LogP contribution in [-0.2, 0) is 15.8 Å². The van der Waals surface area contributed by atoms with Gasteiger partial charge >= 0.3 is 18.3 Å². The first-order valence-electron chi connectivity index (χ1n) is 6.74. The monoisotopic (exact) mass is 373 g/mol. The Hall–Kier alpha value is -2.46. The number of benzene rings is 1. The minimum Gasteiger partial charge on any atom is -0.480 e. The van der Waals surface area contributed by atoms with Crippen molar-refractivity contribution in [2.24, 2.45) is 0 Å². The largest absolute Gasteiger partial charge is 0.480 e. The molecule has 0 saturated heterocycles. The summed E-state index contributed by atoms with van der Waals surface area (Å²) in [6.45, 7) is 0.981. The Morgan fingerprint density at radius 3 is 2.20 bits per heavy atom. The van der Waals surface area contributed by atoms with E-state index in [1.807, 2.05) is 0 Å². The molecule has 5 nitrogen and oxygen atoms in total. The molecule has 0 spiro atoms. The molecular weight excluding hydrogens is 360 g/mol. The number of ether oxygens (including phenoxy) is 1. The molecule has 0 aliphatic heterocycles. The molecule has 25 heavy (non-hydrogen) atoms. The number of carboxylic acids is 1. The first-order valence-corrected chi connectivity index (χ1v) is 6.74. The van der Waals surface area contributed by atoms with Gasteiger partial charge in [0.2, 0.25) is 0 Å². The van der Waals surface area contributed by atoms with Gasteiger partial charge in [0.05, 0.1) is 12.0 Å². The Bertz CT molecular complexity index is 628. The molecule has 0 aliphatic carbocycles. The Morgan fingerprint density at radius 1 is 1.16 bits per heavy atom. The van der Waals surface area contributed by atoms with Crippen molar-refractivity contribution in [3.63, 3.8) is 0 Å². The van der Waals surface area contributed by atoms with Crippen LogP contribution in [0.2, 0.25) is 0 Å². The van der Waals surface area contributed by atoms with E-state index in [9.17, 15) is 35.9 Å². The molecule has 1 amide bonds. The zero-order chi connectivity index (χ0) is 19.4. The van der Waals surface area contributed by atoms with Gasteiger partial charge in [-0.15, -0.1) is 0 Å². The number of alkyl halides is 6. The van der Waals surface area contributed by atoms with Crippen LogP contribution in [0.4, 0.5) is 26.3 Å². The fourth-order valence-corrected chi connectivity index (χ4v) is 1.77. The summed E-state index contributed by atoms with van der Waals surface area (Å²) in [4.78, 5) is 22.5. The lowest BCUT2D eigenvalue weighted by Crippen LogP contribution is -2.48. The van der Waals surface area contributed by atoms with Crippen LogP contribution >= 0.6 is 0 Å². The average molecular weight is 373 g/mol. The summed E-state index contributed by atoms with van der Waals surface area (Å²) in [5, 5.41) is 10.3. The van der Waals surface area contributed by atoms with Crippen LogP contribution in [0.5, 0.6) is 5.75 Å². The molecule has 0 saturated carbocycles. The lowest BCUT2D eigenvalue weighted by molar-refractivity contribution is -0.160. The summed E-state index contributed by atoms with van der Waals surface area (Å²) in [7, 11) is 0. The van der Waals surface area contributed by atoms with Crippen LogP contribution in [0.15, 0.2) is 24.3 Å². The van der Waals surface area contributed by atoms with Crippen molar-refractivity contribution in [3.05, 3.63) is 29.8 Å². The molecule has 1 aromatic carbocycles. The van der Waals surface area contributed by atoms with Crippen molar-refractivity contribution in [3.8, 4) is 5.75 Å². The van der Waals surface area contributed by atoms with Gasteiger partial charge in [-0.05, 0) is 19.1 Å². The first-order chi connectivity index (χ1) is 11.3. The maximum Gasteiger partial charge on any atom is 0.419 e. The highest BCUT2D eigenvalue weighted by molar-refractivity contribution is 5.86. The van der Waals surface area contributed by atoms with Gasteiger partial charge in [0, 0.05) is 0 Å². The van der Waals surface area contributed by atoms with Gasteiger partial charge in [0.1, 0.15) is 11.8 Å². The molecular formula is C14H13F6NO4. The summed E-state index contributed by atoms with van der Waals surface area (Å²) in [5.74, 6) is -3.94. The van der Waals surface area contributed by atoms with Crippen molar-refractivity contribution in [2.45, 2.75) is 37.8 Å². The van der Waals surface area contributed by atoms with Gasteiger partial charge in [-0.2, -0.15) is 26.3 Å². The molecule has 0 aromatic heterocycles. The van der Waals surface area contributed by atoms with E-state index in [-0.39, 0.29) is 0 Å². The standard InChI is InChI=1S/C14H13F6NO4/c1-7(11(22)21-9(12(23)24)6-13(15,16)17)25-10-5-3-2-4-8(10)14(18,19)20/h2-5,7,9H,6H2,1H3,(H,21,22)(H,23,24). The molecule has 11 heteroatoms. The Labute approximate surface area is 137 Å². The van der Waals surface area contributed by atoms with Gasteiger partial charge in [-0.3, -0.25) is 4.79 Å². The molecule has 0 aliphatic rings. The molecule has 1 aromatic rings. The zero-order valence-corrected chi connectivity index (χ0v) is 12.6. The number of para-hydroxylation sites is 1. The summed E-state index contributed by atoms with van der Waals surface area (Å²) >= 11 is 0. The highest BCUT2D eigenvalue weighted by atomic mass is 19.4. The fourth-order valence-electron chi connectivity index (χ4n) is 1.77. The Balaban J connectivity index is 2.86. The topological polar surface area (TPSA) is 75.6 Å². The number of hydrogen-bond donors (Lipinski definition) is 2. The maximum atomic E-state index is 12.8. The van der Waals surface area contributed by atoms with Crippen LogP contribution in [0.1, 0.15) is 18.9 Å². The van der Waals surface area contributed by atoms with Crippen molar-refractivity contribution in [1.82, 2.24) is 5.32 Å². The summed E-state index contributed by atoms with van der Waals surface area (Å²) in [5.41, 5.74) is -1.18. The number of nitrogens with one attached hydrogen (secondary N) is 1. The van der Waals surface area contributed by atoms with Gasteiger partial charge < -0.3 is 15.2 Å². The zero-order valence-electron chi connectivity index (χ0n) is 12.6. The SMILES string of the molecule is CC(Oc1ccccc1C(F)(F)F)C(=O)NC(CC(F)(F)F)C(=O)O. The number of hydrogen-bond acceptors (Lipinski definition) is 3. The van der Waals surface area contributed by atoms with E-state index >= 15 is 0 Å². The molecule has 1 rings (SSSR count). The van der Waals surface area contributed by atoms with Crippen molar-refractivity contribution >= 4 is 11.9 Å². The van der Waals surface area contributed by atoms with E-state index in [1.165, 1.54) is 6.07 Å². The third-order valence-corrected chi connectivity index (χ3v) is 2.92. The van der Waals surface area contributed by atoms with Crippen LogP contribution in [-0.4, -0.2) is 35.3 Å².